The van der Waals surface area contributed by atoms with Crippen LogP contribution in [0.2, 0.25) is 5.04 Å². The van der Waals surface area contributed by atoms with Gasteiger partial charge >= 0.3 is 0 Å². The predicted octanol–water partition coefficient (Wildman–Crippen LogP) is 4.29. The summed E-state index contributed by atoms with van der Waals surface area (Å²) < 4.78 is 17.0. The van der Waals surface area contributed by atoms with E-state index < -0.39 is 8.07 Å². The first-order valence-corrected chi connectivity index (χ1v) is 13.7. The first-order valence-electron chi connectivity index (χ1n) is 11.7. The topological polar surface area (TPSA) is 53.7 Å². The number of nitrogens with two attached hydrogens (primary N) is 1. The minimum absolute atomic E-state index is 0.0102. The molecular formula is C29H35NO3Si. The van der Waals surface area contributed by atoms with Crippen LogP contribution in [0.1, 0.15) is 20.8 Å². The molecule has 0 spiro atoms. The van der Waals surface area contributed by atoms with Gasteiger partial charge in [-0.05, 0) is 39.7 Å². The molecule has 0 heterocycles. The molecule has 0 aromatic heterocycles. The second kappa shape index (κ2) is 12.4. The quantitative estimate of drug-likeness (QED) is 0.207. The van der Waals surface area contributed by atoms with Crippen molar-refractivity contribution in [3.63, 3.8) is 0 Å². The summed E-state index contributed by atoms with van der Waals surface area (Å²) in [4.78, 5) is 0. The summed E-state index contributed by atoms with van der Waals surface area (Å²) in [5.41, 5.74) is 10.1. The van der Waals surface area contributed by atoms with Gasteiger partial charge in [-0.25, -0.2) is 0 Å². The average Bonchev–Trinajstić information content (AvgIpc) is 2.84. The number of nitrogen functional groups attached to an aromatic ring is 1. The third kappa shape index (κ3) is 6.74. The molecular weight excluding hydrogens is 438 g/mol. The predicted molar refractivity (Wildman–Crippen MR) is 143 cm³/mol. The van der Waals surface area contributed by atoms with Gasteiger partial charge in [0.25, 0.3) is 0 Å². The highest BCUT2D eigenvalue weighted by molar-refractivity contribution is 7.10. The highest BCUT2D eigenvalue weighted by Gasteiger charge is 2.46. The maximum Gasteiger partial charge on any atom is 0.204 e. The second-order valence-electron chi connectivity index (χ2n) is 9.12. The molecule has 0 aliphatic heterocycles. The van der Waals surface area contributed by atoms with Crippen LogP contribution in [0.3, 0.4) is 0 Å². The summed E-state index contributed by atoms with van der Waals surface area (Å²) in [7, 11) is -2.37. The standard InChI is InChI=1S/C29H35NO3Si/c1-29(2,3)34(27-11-6-4-7-12-27,28-13-8-5-9-14-28)24-10-19-31-20-21-32-22-23-33-26-17-15-25(30)16-18-26/h4-9,11-18H,19-23,30H2,1-3H3. The summed E-state index contributed by atoms with van der Waals surface area (Å²) in [6, 6.07) is 28.8. The van der Waals surface area contributed by atoms with Crippen molar-refractivity contribution in [3.8, 4) is 17.2 Å². The van der Waals surface area contributed by atoms with Gasteiger partial charge < -0.3 is 19.9 Å². The first-order chi connectivity index (χ1) is 16.4. The highest BCUT2D eigenvalue weighted by Crippen LogP contribution is 2.35. The van der Waals surface area contributed by atoms with E-state index in [0.29, 0.717) is 33.0 Å². The van der Waals surface area contributed by atoms with Gasteiger partial charge in [0.15, 0.2) is 0 Å². The van der Waals surface area contributed by atoms with E-state index in [9.17, 15) is 0 Å². The van der Waals surface area contributed by atoms with Gasteiger partial charge in [-0.2, -0.15) is 0 Å². The Morgan fingerprint density at radius 1 is 0.706 bits per heavy atom. The molecule has 2 N–H and O–H groups in total. The van der Waals surface area contributed by atoms with E-state index in [1.807, 2.05) is 24.3 Å². The number of hydrogen-bond acceptors (Lipinski definition) is 4. The third-order valence-electron chi connectivity index (χ3n) is 5.74. The van der Waals surface area contributed by atoms with Crippen LogP contribution in [0.15, 0.2) is 84.9 Å². The minimum Gasteiger partial charge on any atom is -0.491 e. The summed E-state index contributed by atoms with van der Waals surface area (Å²) >= 11 is 0. The number of hydrogen-bond donors (Lipinski definition) is 1. The minimum atomic E-state index is -2.37. The van der Waals surface area contributed by atoms with E-state index >= 15 is 0 Å². The maximum absolute atomic E-state index is 5.76. The summed E-state index contributed by atoms with van der Waals surface area (Å²) in [5, 5.41) is 2.66. The SMILES string of the molecule is CC(C)(C)[Si](C#CCOCCOCCOc1ccc(N)cc1)(c1ccccc1)c1ccccc1. The van der Waals surface area contributed by atoms with Crippen LogP contribution in [0, 0.1) is 11.5 Å². The average molecular weight is 474 g/mol. The molecule has 0 aliphatic carbocycles. The van der Waals surface area contributed by atoms with E-state index in [2.05, 4.69) is 92.9 Å². The van der Waals surface area contributed by atoms with Crippen LogP contribution < -0.4 is 20.8 Å². The lowest BCUT2D eigenvalue weighted by atomic mass is 10.2. The summed E-state index contributed by atoms with van der Waals surface area (Å²) in [5.74, 6) is 4.14. The lowest BCUT2D eigenvalue weighted by Gasteiger charge is -2.39. The van der Waals surface area contributed by atoms with Crippen LogP contribution >= 0.6 is 0 Å². The largest absolute Gasteiger partial charge is 0.491 e. The van der Waals surface area contributed by atoms with E-state index in [4.69, 9.17) is 19.9 Å². The molecule has 3 aromatic rings. The third-order valence-corrected chi connectivity index (χ3v) is 10.9. The number of anilines is 1. The Labute approximate surface area is 205 Å². The molecule has 0 saturated carbocycles. The molecule has 0 fully saturated rings. The first kappa shape index (κ1) is 25.6. The lowest BCUT2D eigenvalue weighted by Crippen LogP contribution is -2.63. The van der Waals surface area contributed by atoms with Crippen LogP contribution in [0.4, 0.5) is 5.69 Å². The zero-order valence-electron chi connectivity index (χ0n) is 20.4. The van der Waals surface area contributed by atoms with E-state index in [-0.39, 0.29) is 5.04 Å². The van der Waals surface area contributed by atoms with E-state index in [1.165, 1.54) is 10.4 Å². The molecule has 34 heavy (non-hydrogen) atoms. The Balaban J connectivity index is 1.53. The molecule has 0 saturated heterocycles. The van der Waals surface area contributed by atoms with Gasteiger partial charge in [0.1, 0.15) is 19.0 Å². The molecule has 0 atom stereocenters. The van der Waals surface area contributed by atoms with Crippen molar-refractivity contribution in [1.82, 2.24) is 0 Å². The fourth-order valence-corrected chi connectivity index (χ4v) is 8.49. The van der Waals surface area contributed by atoms with Crippen molar-refractivity contribution >= 4 is 24.1 Å². The van der Waals surface area contributed by atoms with Crippen molar-refractivity contribution in [3.05, 3.63) is 84.9 Å². The van der Waals surface area contributed by atoms with Gasteiger partial charge in [-0.1, -0.05) is 87.4 Å². The Bertz CT molecular complexity index is 1010. The molecule has 5 heteroatoms. The molecule has 0 radical (unpaired) electrons. The number of rotatable bonds is 10. The number of benzene rings is 3. The zero-order valence-corrected chi connectivity index (χ0v) is 21.4. The molecule has 0 aliphatic rings. The van der Waals surface area contributed by atoms with Gasteiger partial charge in [-0.15, -0.1) is 5.54 Å². The molecule has 0 amide bonds. The summed E-state index contributed by atoms with van der Waals surface area (Å²) in [6.07, 6.45) is 0. The smallest absolute Gasteiger partial charge is 0.204 e. The van der Waals surface area contributed by atoms with Crippen LogP contribution in [0.5, 0.6) is 5.75 Å². The van der Waals surface area contributed by atoms with Crippen molar-refractivity contribution in [2.45, 2.75) is 25.8 Å². The monoisotopic (exact) mass is 473 g/mol. The van der Waals surface area contributed by atoms with Crippen LogP contribution in [-0.4, -0.2) is 41.1 Å². The van der Waals surface area contributed by atoms with Gasteiger partial charge in [0, 0.05) is 5.69 Å². The molecule has 178 valence electrons. The van der Waals surface area contributed by atoms with E-state index in [1.54, 1.807) is 0 Å². The van der Waals surface area contributed by atoms with Crippen molar-refractivity contribution in [1.29, 1.82) is 0 Å². The van der Waals surface area contributed by atoms with Crippen LogP contribution in [0.25, 0.3) is 0 Å². The molecule has 3 rings (SSSR count). The number of ether oxygens (including phenoxy) is 3. The fourth-order valence-electron chi connectivity index (χ4n) is 4.04. The Hall–Kier alpha value is -3.04. The molecule has 3 aromatic carbocycles. The van der Waals surface area contributed by atoms with Gasteiger partial charge in [-0.3, -0.25) is 0 Å². The van der Waals surface area contributed by atoms with Gasteiger partial charge in [0.05, 0.1) is 19.8 Å². The van der Waals surface area contributed by atoms with Gasteiger partial charge in [0.2, 0.25) is 8.07 Å². The van der Waals surface area contributed by atoms with Crippen LogP contribution in [-0.2, 0) is 9.47 Å². The lowest BCUT2D eigenvalue weighted by molar-refractivity contribution is 0.0462. The highest BCUT2D eigenvalue weighted by atomic mass is 28.3. The normalized spacial score (nSPS) is 11.5. The fraction of sp³-hybridized carbons (Fsp3) is 0.310. The van der Waals surface area contributed by atoms with E-state index in [0.717, 1.165) is 11.4 Å². The molecule has 0 bridgehead atoms. The Kier molecular flexibility index (Phi) is 9.35. The Morgan fingerprint density at radius 3 is 1.79 bits per heavy atom. The Morgan fingerprint density at radius 2 is 1.24 bits per heavy atom. The molecule has 0 unspecified atom stereocenters. The zero-order chi connectivity index (χ0) is 24.3. The second-order valence-corrected chi connectivity index (χ2v) is 13.5. The van der Waals surface area contributed by atoms with Crippen molar-refractivity contribution < 1.29 is 14.2 Å². The summed E-state index contributed by atoms with van der Waals surface area (Å²) in [6.45, 7) is 9.28. The maximum atomic E-state index is 5.76. The van der Waals surface area contributed by atoms with Crippen molar-refractivity contribution in [2.75, 3.05) is 38.8 Å². The molecule has 4 nitrogen and oxygen atoms in total. The van der Waals surface area contributed by atoms with Crippen molar-refractivity contribution in [2.24, 2.45) is 0 Å².